The largest absolute Gasteiger partial charge is 0.425 e. The zero-order valence-electron chi connectivity index (χ0n) is 7.27. The maximum atomic E-state index is 12.3. The number of hydrogen-bond donors (Lipinski definition) is 1. The normalized spacial score (nSPS) is 19.7. The lowest BCUT2D eigenvalue weighted by Gasteiger charge is -2.07. The van der Waals surface area contributed by atoms with E-state index in [0.717, 1.165) is 30.2 Å². The minimum Gasteiger partial charge on any atom is -0.395 e. The molecule has 1 aliphatic carbocycles. The van der Waals surface area contributed by atoms with Crippen molar-refractivity contribution in [1.82, 2.24) is 0 Å². The zero-order valence-corrected chi connectivity index (χ0v) is 8.08. The highest BCUT2D eigenvalue weighted by Crippen LogP contribution is 2.51. The fourth-order valence-corrected chi connectivity index (χ4v) is 2.52. The van der Waals surface area contributed by atoms with Crippen LogP contribution in [0.5, 0.6) is 0 Å². The Labute approximate surface area is 83.2 Å². The van der Waals surface area contributed by atoms with E-state index in [2.05, 4.69) is 0 Å². The lowest BCUT2D eigenvalue weighted by Crippen LogP contribution is -2.09. The molecule has 0 unspecified atom stereocenters. The topological polar surface area (TPSA) is 20.2 Å². The first kappa shape index (κ1) is 9.98. The molecular formula is C9H9F3OS. The van der Waals surface area contributed by atoms with Gasteiger partial charge in [0.1, 0.15) is 4.88 Å². The number of hydrogen-bond acceptors (Lipinski definition) is 2. The quantitative estimate of drug-likeness (QED) is 0.815. The summed E-state index contributed by atoms with van der Waals surface area (Å²) in [7, 11) is 0. The van der Waals surface area contributed by atoms with Crippen LogP contribution in [0.4, 0.5) is 13.2 Å². The number of thiophene rings is 1. The number of alkyl halides is 3. The monoisotopic (exact) mass is 222 g/mol. The molecule has 0 radical (unpaired) electrons. The molecule has 1 aliphatic rings. The second-order valence-electron chi connectivity index (χ2n) is 3.60. The van der Waals surface area contributed by atoms with E-state index in [1.165, 1.54) is 6.07 Å². The van der Waals surface area contributed by atoms with Gasteiger partial charge in [-0.3, -0.25) is 0 Å². The van der Waals surface area contributed by atoms with Crippen molar-refractivity contribution in [2.75, 3.05) is 6.61 Å². The van der Waals surface area contributed by atoms with Crippen LogP contribution in [0.3, 0.4) is 0 Å². The average Bonchev–Trinajstić information content (AvgIpc) is 2.73. The number of halogens is 3. The fraction of sp³-hybridized carbons (Fsp3) is 0.556. The Hall–Kier alpha value is -0.550. The Morgan fingerprint density at radius 1 is 1.36 bits per heavy atom. The molecule has 2 rings (SSSR count). The summed E-state index contributed by atoms with van der Waals surface area (Å²) in [4.78, 5) is 0.0829. The standard InChI is InChI=1S/C9H9F3OS/c10-9(11,12)7-2-1-6(14-7)8(5-13)3-4-8/h1-2,13H,3-5H2. The van der Waals surface area contributed by atoms with Gasteiger partial charge in [0.2, 0.25) is 0 Å². The number of rotatable bonds is 2. The molecule has 1 fully saturated rings. The van der Waals surface area contributed by atoms with Gasteiger partial charge in [0.25, 0.3) is 0 Å². The smallest absolute Gasteiger partial charge is 0.395 e. The van der Waals surface area contributed by atoms with E-state index >= 15 is 0 Å². The Bertz CT molecular complexity index is 338. The lowest BCUT2D eigenvalue weighted by molar-refractivity contribution is -0.134. The molecule has 0 saturated heterocycles. The third-order valence-corrected chi connectivity index (χ3v) is 3.94. The van der Waals surface area contributed by atoms with Gasteiger partial charge in [-0.2, -0.15) is 13.2 Å². The van der Waals surface area contributed by atoms with Crippen LogP contribution in [-0.2, 0) is 11.6 Å². The van der Waals surface area contributed by atoms with Crippen LogP contribution in [0.2, 0.25) is 0 Å². The maximum Gasteiger partial charge on any atom is 0.425 e. The van der Waals surface area contributed by atoms with Crippen molar-refractivity contribution in [1.29, 1.82) is 0 Å². The van der Waals surface area contributed by atoms with Crippen LogP contribution in [0.15, 0.2) is 12.1 Å². The predicted octanol–water partition coefficient (Wildman–Crippen LogP) is 2.79. The zero-order chi connectivity index (χ0) is 10.4. The van der Waals surface area contributed by atoms with E-state index in [1.807, 2.05) is 0 Å². The van der Waals surface area contributed by atoms with Crippen LogP contribution in [0.25, 0.3) is 0 Å². The summed E-state index contributed by atoms with van der Waals surface area (Å²) in [6.45, 7) is -0.0508. The third-order valence-electron chi connectivity index (χ3n) is 2.56. The van der Waals surface area contributed by atoms with Crippen LogP contribution in [0, 0.1) is 0 Å². The summed E-state index contributed by atoms with van der Waals surface area (Å²) in [5, 5.41) is 9.05. The first-order chi connectivity index (χ1) is 6.48. The second-order valence-corrected chi connectivity index (χ2v) is 4.68. The Morgan fingerprint density at radius 3 is 2.36 bits per heavy atom. The molecule has 1 saturated carbocycles. The van der Waals surface area contributed by atoms with Gasteiger partial charge in [-0.1, -0.05) is 0 Å². The molecule has 0 aliphatic heterocycles. The van der Waals surface area contributed by atoms with Gasteiger partial charge in [0.05, 0.1) is 6.61 Å². The third kappa shape index (κ3) is 1.54. The predicted molar refractivity (Wildman–Crippen MR) is 47.3 cm³/mol. The van der Waals surface area contributed by atoms with Gasteiger partial charge < -0.3 is 5.11 Å². The van der Waals surface area contributed by atoms with Gasteiger partial charge in [0.15, 0.2) is 0 Å². The molecule has 1 N–H and O–H groups in total. The van der Waals surface area contributed by atoms with Crippen molar-refractivity contribution in [3.63, 3.8) is 0 Å². The average molecular weight is 222 g/mol. The number of aliphatic hydroxyl groups is 1. The highest BCUT2D eigenvalue weighted by molar-refractivity contribution is 7.12. The minimum atomic E-state index is -4.26. The van der Waals surface area contributed by atoms with Crippen molar-refractivity contribution in [3.05, 3.63) is 21.9 Å². The summed E-state index contributed by atoms with van der Waals surface area (Å²) in [5.41, 5.74) is -0.353. The number of aliphatic hydroxyl groups excluding tert-OH is 1. The van der Waals surface area contributed by atoms with Gasteiger partial charge >= 0.3 is 6.18 Å². The van der Waals surface area contributed by atoms with Crippen molar-refractivity contribution in [2.45, 2.75) is 24.4 Å². The van der Waals surface area contributed by atoms with Crippen LogP contribution in [-0.4, -0.2) is 11.7 Å². The highest BCUT2D eigenvalue weighted by atomic mass is 32.1. The Kier molecular flexibility index (Phi) is 2.12. The van der Waals surface area contributed by atoms with E-state index in [9.17, 15) is 13.2 Å². The lowest BCUT2D eigenvalue weighted by atomic mass is 10.1. The summed E-state index contributed by atoms with van der Waals surface area (Å²) in [6.07, 6.45) is -2.67. The molecule has 1 nitrogen and oxygen atoms in total. The Morgan fingerprint density at radius 2 is 2.00 bits per heavy atom. The molecule has 0 atom stereocenters. The van der Waals surface area contributed by atoms with Crippen molar-refractivity contribution in [2.24, 2.45) is 0 Å². The van der Waals surface area contributed by atoms with E-state index in [-0.39, 0.29) is 12.0 Å². The van der Waals surface area contributed by atoms with Gasteiger partial charge in [0, 0.05) is 10.3 Å². The molecule has 0 amide bonds. The first-order valence-corrected chi connectivity index (χ1v) is 5.08. The van der Waals surface area contributed by atoms with E-state index in [0.29, 0.717) is 4.88 Å². The fourth-order valence-electron chi connectivity index (χ4n) is 1.41. The van der Waals surface area contributed by atoms with E-state index in [4.69, 9.17) is 5.11 Å². The molecular weight excluding hydrogens is 213 g/mol. The van der Waals surface area contributed by atoms with Gasteiger partial charge in [-0.15, -0.1) is 11.3 Å². The second kappa shape index (κ2) is 2.97. The summed E-state index contributed by atoms with van der Waals surface area (Å²) >= 11 is 0.749. The van der Waals surface area contributed by atoms with Gasteiger partial charge in [-0.25, -0.2) is 0 Å². The molecule has 0 aromatic carbocycles. The van der Waals surface area contributed by atoms with Crippen molar-refractivity contribution < 1.29 is 18.3 Å². The highest BCUT2D eigenvalue weighted by Gasteiger charge is 2.46. The summed E-state index contributed by atoms with van der Waals surface area (Å²) in [5.74, 6) is 0. The molecule has 1 aromatic heterocycles. The molecule has 1 aromatic rings. The molecule has 5 heteroatoms. The Balaban J connectivity index is 2.27. The van der Waals surface area contributed by atoms with Crippen LogP contribution in [0.1, 0.15) is 22.6 Å². The SMILES string of the molecule is OCC1(c2ccc(C(F)(F)F)s2)CC1. The molecule has 14 heavy (non-hydrogen) atoms. The minimum absolute atomic E-state index is 0.0508. The molecule has 78 valence electrons. The van der Waals surface area contributed by atoms with Crippen LogP contribution >= 0.6 is 11.3 Å². The van der Waals surface area contributed by atoms with E-state index in [1.54, 1.807) is 0 Å². The summed E-state index contributed by atoms with van der Waals surface area (Å²) < 4.78 is 36.8. The van der Waals surface area contributed by atoms with Crippen molar-refractivity contribution in [3.8, 4) is 0 Å². The molecule has 0 bridgehead atoms. The molecule has 0 spiro atoms. The maximum absolute atomic E-state index is 12.3. The first-order valence-electron chi connectivity index (χ1n) is 4.26. The summed E-state index contributed by atoms with van der Waals surface area (Å²) in [6, 6.07) is 2.58. The van der Waals surface area contributed by atoms with Gasteiger partial charge in [-0.05, 0) is 25.0 Å². The van der Waals surface area contributed by atoms with Crippen molar-refractivity contribution >= 4 is 11.3 Å². The van der Waals surface area contributed by atoms with Crippen LogP contribution < -0.4 is 0 Å². The van der Waals surface area contributed by atoms with E-state index < -0.39 is 11.1 Å². The molecule has 1 heterocycles.